The van der Waals surface area contributed by atoms with Gasteiger partial charge in [-0.15, -0.1) is 11.3 Å². The minimum Gasteiger partial charge on any atom is -0.496 e. The number of thiazole rings is 1. The van der Waals surface area contributed by atoms with Crippen molar-refractivity contribution in [3.63, 3.8) is 0 Å². The van der Waals surface area contributed by atoms with E-state index in [1.165, 1.54) is 11.3 Å². The van der Waals surface area contributed by atoms with E-state index in [9.17, 15) is 4.79 Å². The fourth-order valence-corrected chi connectivity index (χ4v) is 3.13. The van der Waals surface area contributed by atoms with Gasteiger partial charge < -0.3 is 10.1 Å². The lowest BCUT2D eigenvalue weighted by Crippen LogP contribution is -2.32. The molecule has 0 spiro atoms. The number of benzene rings is 1. The normalized spacial score (nSPS) is 12.3. The van der Waals surface area contributed by atoms with Crippen molar-refractivity contribution in [2.45, 2.75) is 26.8 Å². The first kappa shape index (κ1) is 17.4. The molecule has 1 unspecified atom stereocenters. The van der Waals surface area contributed by atoms with E-state index in [4.69, 9.17) is 4.74 Å². The quantitative estimate of drug-likeness (QED) is 0.880. The first-order valence-electron chi connectivity index (χ1n) is 7.49. The lowest BCUT2D eigenvalue weighted by Gasteiger charge is -2.25. The summed E-state index contributed by atoms with van der Waals surface area (Å²) in [5, 5.41) is 3.52. The second-order valence-corrected chi connectivity index (χ2v) is 6.75. The van der Waals surface area contributed by atoms with Crippen LogP contribution in [0.3, 0.4) is 0 Å². The van der Waals surface area contributed by atoms with Gasteiger partial charge in [-0.05, 0) is 33.9 Å². The Bertz CT molecular complexity index is 665. The van der Waals surface area contributed by atoms with Gasteiger partial charge in [-0.1, -0.05) is 18.2 Å². The molecule has 1 amide bonds. The van der Waals surface area contributed by atoms with Crippen LogP contribution in [0.25, 0.3) is 0 Å². The number of nitrogens with zero attached hydrogens (tertiary/aromatic N) is 2. The molecule has 0 aliphatic carbocycles. The van der Waals surface area contributed by atoms with Gasteiger partial charge in [0.15, 0.2) is 5.13 Å². The van der Waals surface area contributed by atoms with Gasteiger partial charge in [-0.3, -0.25) is 9.69 Å². The predicted octanol–water partition coefficient (Wildman–Crippen LogP) is 3.40. The molecule has 1 heterocycles. The number of amides is 1. The van der Waals surface area contributed by atoms with Crippen molar-refractivity contribution >= 4 is 22.4 Å². The van der Waals surface area contributed by atoms with Crippen molar-refractivity contribution in [3.05, 3.63) is 40.4 Å². The molecular weight excluding hydrogens is 310 g/mol. The topological polar surface area (TPSA) is 54.5 Å². The molecular formula is C17H23N3O2S. The number of ether oxygens (including phenoxy) is 1. The monoisotopic (exact) mass is 333 g/mol. The summed E-state index contributed by atoms with van der Waals surface area (Å²) in [5.41, 5.74) is 2.02. The average Bonchev–Trinajstić information content (AvgIpc) is 2.83. The maximum atomic E-state index is 12.2. The lowest BCUT2D eigenvalue weighted by atomic mass is 10.1. The van der Waals surface area contributed by atoms with Crippen LogP contribution in [0.1, 0.15) is 29.1 Å². The molecule has 0 aliphatic heterocycles. The predicted molar refractivity (Wildman–Crippen MR) is 94.3 cm³/mol. The summed E-state index contributed by atoms with van der Waals surface area (Å²) in [6.07, 6.45) is 0. The third kappa shape index (κ3) is 4.30. The number of nitrogens with one attached hydrogen (secondary N) is 1. The molecule has 6 heteroatoms. The SMILES string of the molecule is COc1ccccc1C(C)N(C)CC(=O)Nc1nc(C)c(C)s1. The van der Waals surface area contributed by atoms with Crippen LogP contribution in [-0.4, -0.2) is 36.5 Å². The molecule has 0 aliphatic rings. The molecule has 1 atom stereocenters. The van der Waals surface area contributed by atoms with Crippen molar-refractivity contribution in [1.82, 2.24) is 9.88 Å². The summed E-state index contributed by atoms with van der Waals surface area (Å²) in [6.45, 7) is 6.29. The summed E-state index contributed by atoms with van der Waals surface area (Å²) in [4.78, 5) is 19.7. The number of likely N-dealkylation sites (N-methyl/N-ethyl adjacent to an activating group) is 1. The molecule has 0 saturated carbocycles. The highest BCUT2D eigenvalue weighted by atomic mass is 32.1. The highest BCUT2D eigenvalue weighted by Crippen LogP contribution is 2.28. The molecule has 0 saturated heterocycles. The number of carbonyl (C=O) groups excluding carboxylic acids is 1. The third-order valence-electron chi connectivity index (χ3n) is 3.92. The maximum absolute atomic E-state index is 12.2. The molecule has 2 aromatic rings. The second-order valence-electron chi connectivity index (χ2n) is 5.54. The minimum absolute atomic E-state index is 0.0664. The first-order valence-corrected chi connectivity index (χ1v) is 8.31. The van der Waals surface area contributed by atoms with Crippen LogP contribution in [0.15, 0.2) is 24.3 Å². The fourth-order valence-electron chi connectivity index (χ4n) is 2.30. The summed E-state index contributed by atoms with van der Waals surface area (Å²) in [5.74, 6) is 0.765. The Morgan fingerprint density at radius 1 is 1.39 bits per heavy atom. The van der Waals surface area contributed by atoms with Crippen molar-refractivity contribution in [1.29, 1.82) is 0 Å². The lowest BCUT2D eigenvalue weighted by molar-refractivity contribution is -0.117. The van der Waals surface area contributed by atoms with Crippen molar-refractivity contribution in [3.8, 4) is 5.75 Å². The molecule has 124 valence electrons. The average molecular weight is 333 g/mol. The number of methoxy groups -OCH3 is 1. The third-order valence-corrected chi connectivity index (χ3v) is 4.91. The Morgan fingerprint density at radius 2 is 2.09 bits per heavy atom. The fraction of sp³-hybridized carbons (Fsp3) is 0.412. The zero-order valence-electron chi connectivity index (χ0n) is 14.2. The standard InChI is InChI=1S/C17H23N3O2S/c1-11-13(3)23-17(18-11)19-16(21)10-20(4)12(2)14-8-6-7-9-15(14)22-5/h6-9,12H,10H2,1-5H3,(H,18,19,21). The van der Waals surface area contributed by atoms with E-state index in [1.807, 2.05) is 50.1 Å². The van der Waals surface area contributed by atoms with E-state index in [1.54, 1.807) is 7.11 Å². The van der Waals surface area contributed by atoms with Crippen molar-refractivity contribution in [2.24, 2.45) is 0 Å². The van der Waals surface area contributed by atoms with Gasteiger partial charge in [0.25, 0.3) is 0 Å². The summed E-state index contributed by atoms with van der Waals surface area (Å²) in [7, 11) is 3.58. The Balaban J connectivity index is 2.00. The van der Waals surface area contributed by atoms with E-state index in [0.29, 0.717) is 5.13 Å². The van der Waals surface area contributed by atoms with Gasteiger partial charge >= 0.3 is 0 Å². The Morgan fingerprint density at radius 3 is 2.70 bits per heavy atom. The number of hydrogen-bond donors (Lipinski definition) is 1. The number of para-hydroxylation sites is 1. The number of hydrogen-bond acceptors (Lipinski definition) is 5. The van der Waals surface area contributed by atoms with Gasteiger partial charge in [0.05, 0.1) is 19.3 Å². The van der Waals surface area contributed by atoms with Gasteiger partial charge in [-0.2, -0.15) is 0 Å². The molecule has 0 radical (unpaired) electrons. The van der Waals surface area contributed by atoms with Crippen molar-refractivity contribution < 1.29 is 9.53 Å². The van der Waals surface area contributed by atoms with E-state index in [0.717, 1.165) is 21.9 Å². The Hall–Kier alpha value is -1.92. The number of carbonyl (C=O) groups is 1. The number of anilines is 1. The van der Waals surface area contributed by atoms with Crippen LogP contribution >= 0.6 is 11.3 Å². The van der Waals surface area contributed by atoms with Crippen LogP contribution in [0.2, 0.25) is 0 Å². The maximum Gasteiger partial charge on any atom is 0.240 e. The molecule has 0 bridgehead atoms. The second kappa shape index (κ2) is 7.57. The molecule has 23 heavy (non-hydrogen) atoms. The van der Waals surface area contributed by atoms with Gasteiger partial charge in [0.2, 0.25) is 5.91 Å². The molecule has 0 fully saturated rings. The molecule has 1 aromatic carbocycles. The smallest absolute Gasteiger partial charge is 0.240 e. The Labute approximate surface area is 141 Å². The first-order chi connectivity index (χ1) is 10.9. The Kier molecular flexibility index (Phi) is 5.74. The van der Waals surface area contributed by atoms with Gasteiger partial charge in [-0.25, -0.2) is 4.98 Å². The van der Waals surface area contributed by atoms with E-state index in [2.05, 4.69) is 17.2 Å². The number of aromatic nitrogens is 1. The van der Waals surface area contributed by atoms with E-state index >= 15 is 0 Å². The minimum atomic E-state index is -0.0667. The zero-order chi connectivity index (χ0) is 17.0. The number of rotatable bonds is 6. The summed E-state index contributed by atoms with van der Waals surface area (Å²) >= 11 is 1.50. The van der Waals surface area contributed by atoms with Gasteiger partial charge in [0.1, 0.15) is 5.75 Å². The van der Waals surface area contributed by atoms with E-state index in [-0.39, 0.29) is 18.5 Å². The summed E-state index contributed by atoms with van der Waals surface area (Å²) < 4.78 is 5.40. The van der Waals surface area contributed by atoms with Crippen LogP contribution in [0, 0.1) is 13.8 Å². The molecule has 2 rings (SSSR count). The van der Waals surface area contributed by atoms with Crippen molar-refractivity contribution in [2.75, 3.05) is 26.0 Å². The van der Waals surface area contributed by atoms with Crippen LogP contribution in [0.5, 0.6) is 5.75 Å². The van der Waals surface area contributed by atoms with Crippen LogP contribution < -0.4 is 10.1 Å². The molecule has 5 nitrogen and oxygen atoms in total. The highest BCUT2D eigenvalue weighted by Gasteiger charge is 2.18. The molecule has 1 aromatic heterocycles. The number of aryl methyl sites for hydroxylation is 2. The summed E-state index contributed by atoms with van der Waals surface area (Å²) in [6, 6.07) is 7.93. The van der Waals surface area contributed by atoms with Crippen LogP contribution in [-0.2, 0) is 4.79 Å². The van der Waals surface area contributed by atoms with Gasteiger partial charge in [0, 0.05) is 16.5 Å². The zero-order valence-corrected chi connectivity index (χ0v) is 15.0. The highest BCUT2D eigenvalue weighted by molar-refractivity contribution is 7.15. The van der Waals surface area contributed by atoms with Crippen LogP contribution in [0.4, 0.5) is 5.13 Å². The largest absolute Gasteiger partial charge is 0.496 e. The van der Waals surface area contributed by atoms with E-state index < -0.39 is 0 Å². The molecule has 1 N–H and O–H groups in total.